The Kier molecular flexibility index (Phi) is 4.29. The molecule has 7 heteroatoms. The van der Waals surface area contributed by atoms with E-state index in [9.17, 15) is 9.59 Å². The summed E-state index contributed by atoms with van der Waals surface area (Å²) in [5, 5.41) is 0. The van der Waals surface area contributed by atoms with Gasteiger partial charge in [-0.1, -0.05) is 12.1 Å². The number of ether oxygens (including phenoxy) is 2. The van der Waals surface area contributed by atoms with E-state index >= 15 is 0 Å². The third-order valence-corrected chi connectivity index (χ3v) is 3.87. The molecule has 1 aromatic carbocycles. The third kappa shape index (κ3) is 3.19. The summed E-state index contributed by atoms with van der Waals surface area (Å²) in [6.07, 6.45) is 0. The molecule has 2 aromatic rings. The van der Waals surface area contributed by atoms with Crippen molar-refractivity contribution in [2.75, 3.05) is 18.6 Å². The van der Waals surface area contributed by atoms with Crippen molar-refractivity contribution in [2.24, 2.45) is 0 Å². The van der Waals surface area contributed by atoms with Gasteiger partial charge in [0.1, 0.15) is 4.60 Å². The Bertz CT molecular complexity index is 761. The van der Waals surface area contributed by atoms with Crippen LogP contribution in [0.1, 0.15) is 15.9 Å². The van der Waals surface area contributed by atoms with Gasteiger partial charge < -0.3 is 9.47 Å². The van der Waals surface area contributed by atoms with Gasteiger partial charge in [0.2, 0.25) is 0 Å². The van der Waals surface area contributed by atoms with Crippen LogP contribution in [0.15, 0.2) is 41.0 Å². The number of aromatic nitrogens is 1. The number of esters is 1. The van der Waals surface area contributed by atoms with Gasteiger partial charge in [0.15, 0.2) is 18.2 Å². The number of carbonyl (C=O) groups is 2. The number of methoxy groups -OCH3 is 1. The molecular formula is C16H13BrN2O4. The van der Waals surface area contributed by atoms with Crippen LogP contribution in [0.25, 0.3) is 0 Å². The van der Waals surface area contributed by atoms with E-state index in [2.05, 4.69) is 25.7 Å². The lowest BCUT2D eigenvalue weighted by molar-refractivity contribution is -0.121. The quantitative estimate of drug-likeness (QED) is 0.608. The Morgan fingerprint density at radius 1 is 1.30 bits per heavy atom. The zero-order valence-corrected chi connectivity index (χ0v) is 13.9. The lowest BCUT2D eigenvalue weighted by Gasteiger charge is -2.28. The van der Waals surface area contributed by atoms with E-state index in [1.54, 1.807) is 41.3 Å². The number of halogens is 1. The van der Waals surface area contributed by atoms with Crippen LogP contribution in [0.3, 0.4) is 0 Å². The van der Waals surface area contributed by atoms with Crippen LogP contribution in [-0.4, -0.2) is 30.6 Å². The van der Waals surface area contributed by atoms with Crippen molar-refractivity contribution < 1.29 is 19.1 Å². The molecule has 1 aromatic heterocycles. The van der Waals surface area contributed by atoms with Gasteiger partial charge in [0, 0.05) is 0 Å². The molecule has 0 unspecified atom stereocenters. The van der Waals surface area contributed by atoms with Gasteiger partial charge in [-0.3, -0.25) is 9.69 Å². The second-order valence-corrected chi connectivity index (χ2v) is 5.73. The summed E-state index contributed by atoms with van der Waals surface area (Å²) >= 11 is 3.30. The van der Waals surface area contributed by atoms with Crippen LogP contribution in [-0.2, 0) is 16.1 Å². The van der Waals surface area contributed by atoms with Crippen molar-refractivity contribution in [1.29, 1.82) is 0 Å². The highest BCUT2D eigenvalue weighted by atomic mass is 79.9. The molecule has 0 saturated heterocycles. The number of carbonyl (C=O) groups excluding carboxylic acids is 2. The maximum Gasteiger partial charge on any atom is 0.337 e. The Morgan fingerprint density at radius 3 is 2.74 bits per heavy atom. The molecule has 118 valence electrons. The van der Waals surface area contributed by atoms with Crippen molar-refractivity contribution in [3.63, 3.8) is 0 Å². The minimum Gasteiger partial charge on any atom is -0.480 e. The molecule has 0 saturated carbocycles. The van der Waals surface area contributed by atoms with Crippen molar-refractivity contribution in [1.82, 2.24) is 4.98 Å². The van der Waals surface area contributed by atoms with E-state index in [1.165, 1.54) is 7.11 Å². The Morgan fingerprint density at radius 2 is 2.04 bits per heavy atom. The summed E-state index contributed by atoms with van der Waals surface area (Å²) in [4.78, 5) is 29.5. The van der Waals surface area contributed by atoms with E-state index in [0.717, 1.165) is 5.56 Å². The molecule has 0 fully saturated rings. The fourth-order valence-electron chi connectivity index (χ4n) is 2.26. The largest absolute Gasteiger partial charge is 0.480 e. The molecule has 2 heterocycles. The second-order valence-electron chi connectivity index (χ2n) is 4.91. The summed E-state index contributed by atoms with van der Waals surface area (Å²) in [5.41, 5.74) is 1.34. The second kappa shape index (κ2) is 6.37. The van der Waals surface area contributed by atoms with Crippen LogP contribution < -0.4 is 9.64 Å². The first kappa shape index (κ1) is 15.5. The van der Waals surface area contributed by atoms with Crippen molar-refractivity contribution in [3.05, 3.63) is 52.1 Å². The fourth-order valence-corrected chi connectivity index (χ4v) is 2.56. The van der Waals surface area contributed by atoms with Gasteiger partial charge in [0.05, 0.1) is 19.2 Å². The summed E-state index contributed by atoms with van der Waals surface area (Å²) in [6, 6.07) is 10.4. The Labute approximate surface area is 141 Å². The number of pyridine rings is 1. The van der Waals surface area contributed by atoms with Gasteiger partial charge >= 0.3 is 5.97 Å². The molecule has 1 amide bonds. The van der Waals surface area contributed by atoms with E-state index in [-0.39, 0.29) is 12.5 Å². The van der Waals surface area contributed by atoms with Crippen LogP contribution in [0.2, 0.25) is 0 Å². The predicted molar refractivity (Wildman–Crippen MR) is 86.4 cm³/mol. The van der Waals surface area contributed by atoms with E-state index < -0.39 is 5.97 Å². The average molecular weight is 377 g/mol. The molecule has 0 N–H and O–H groups in total. The van der Waals surface area contributed by atoms with Gasteiger partial charge in [0.25, 0.3) is 5.91 Å². The number of rotatable bonds is 3. The molecule has 0 bridgehead atoms. The van der Waals surface area contributed by atoms with Crippen molar-refractivity contribution in [2.45, 2.75) is 6.54 Å². The SMILES string of the molecule is COC(=O)c1ccc(CN2C(=O)COc3ccc(Br)nc32)cc1. The molecule has 1 aliphatic rings. The molecular weight excluding hydrogens is 364 g/mol. The first-order valence-electron chi connectivity index (χ1n) is 6.85. The normalized spacial score (nSPS) is 13.3. The lowest BCUT2D eigenvalue weighted by Crippen LogP contribution is -2.38. The standard InChI is InChI=1S/C16H13BrN2O4/c1-22-16(21)11-4-2-10(3-5-11)8-19-14(20)9-23-12-6-7-13(17)18-15(12)19/h2-7H,8-9H2,1H3. The summed E-state index contributed by atoms with van der Waals surface area (Å²) in [7, 11) is 1.34. The number of fused-ring (bicyclic) bond motifs is 1. The smallest absolute Gasteiger partial charge is 0.337 e. The molecule has 0 aliphatic carbocycles. The molecule has 0 radical (unpaired) electrons. The fraction of sp³-hybridized carbons (Fsp3) is 0.188. The number of benzene rings is 1. The zero-order valence-electron chi connectivity index (χ0n) is 12.3. The van der Waals surface area contributed by atoms with Crippen molar-refractivity contribution >= 4 is 33.6 Å². The van der Waals surface area contributed by atoms with E-state index in [0.29, 0.717) is 28.3 Å². The van der Waals surface area contributed by atoms with Gasteiger partial charge in [-0.05, 0) is 45.8 Å². The zero-order chi connectivity index (χ0) is 16.4. The molecule has 3 rings (SSSR count). The highest BCUT2D eigenvalue weighted by Gasteiger charge is 2.27. The predicted octanol–water partition coefficient (Wildman–Crippen LogP) is 2.56. The number of anilines is 1. The van der Waals surface area contributed by atoms with Crippen LogP contribution >= 0.6 is 15.9 Å². The molecule has 1 aliphatic heterocycles. The average Bonchev–Trinajstić information content (AvgIpc) is 2.57. The minimum absolute atomic E-state index is 0.0173. The maximum absolute atomic E-state index is 12.2. The maximum atomic E-state index is 12.2. The first-order valence-corrected chi connectivity index (χ1v) is 7.65. The number of hydrogen-bond donors (Lipinski definition) is 0. The number of amides is 1. The van der Waals surface area contributed by atoms with Crippen LogP contribution in [0, 0.1) is 0 Å². The summed E-state index contributed by atoms with van der Waals surface area (Å²) in [5.74, 6) is 0.488. The number of nitrogens with zero attached hydrogens (tertiary/aromatic N) is 2. The Hall–Kier alpha value is -2.41. The minimum atomic E-state index is -0.394. The highest BCUT2D eigenvalue weighted by molar-refractivity contribution is 9.10. The summed E-state index contributed by atoms with van der Waals surface area (Å²) < 4.78 is 10.7. The molecule has 0 atom stereocenters. The molecule has 23 heavy (non-hydrogen) atoms. The molecule has 0 spiro atoms. The van der Waals surface area contributed by atoms with Gasteiger partial charge in [-0.25, -0.2) is 9.78 Å². The first-order chi connectivity index (χ1) is 11.1. The van der Waals surface area contributed by atoms with E-state index in [4.69, 9.17) is 4.74 Å². The lowest BCUT2D eigenvalue weighted by atomic mass is 10.1. The number of hydrogen-bond acceptors (Lipinski definition) is 5. The molecule has 6 nitrogen and oxygen atoms in total. The summed E-state index contributed by atoms with van der Waals surface area (Å²) in [6.45, 7) is 0.330. The highest BCUT2D eigenvalue weighted by Crippen LogP contribution is 2.32. The Balaban J connectivity index is 1.86. The van der Waals surface area contributed by atoms with Gasteiger partial charge in [-0.2, -0.15) is 0 Å². The third-order valence-electron chi connectivity index (χ3n) is 3.43. The topological polar surface area (TPSA) is 68.7 Å². The van der Waals surface area contributed by atoms with E-state index in [1.807, 2.05) is 0 Å². The monoisotopic (exact) mass is 376 g/mol. The van der Waals surface area contributed by atoms with Crippen LogP contribution in [0.5, 0.6) is 5.75 Å². The van der Waals surface area contributed by atoms with Crippen LogP contribution in [0.4, 0.5) is 5.82 Å². The van der Waals surface area contributed by atoms with Crippen molar-refractivity contribution in [3.8, 4) is 5.75 Å². The van der Waals surface area contributed by atoms with Gasteiger partial charge in [-0.15, -0.1) is 0 Å².